The molecule has 0 atom stereocenters. The largest absolute Gasteiger partial charge is 0.316 e. The number of hydrogen-bond acceptors (Lipinski definition) is 3. The van der Waals surface area contributed by atoms with Crippen LogP contribution in [0.1, 0.15) is 17.3 Å². The minimum Gasteiger partial charge on any atom is -0.316 e. The van der Waals surface area contributed by atoms with Crippen LogP contribution in [-0.2, 0) is 11.3 Å². The van der Waals surface area contributed by atoms with Crippen molar-refractivity contribution in [3.8, 4) is 0 Å². The fraction of sp³-hybridized carbons (Fsp3) is 0.118. The highest BCUT2D eigenvalue weighted by molar-refractivity contribution is 7.07. The molecule has 1 amide bonds. The Labute approximate surface area is 131 Å². The Kier molecular flexibility index (Phi) is 3.98. The molecule has 0 radical (unpaired) electrons. The zero-order valence-electron chi connectivity index (χ0n) is 12.0. The number of amides is 1. The maximum absolute atomic E-state index is 12.5. The lowest BCUT2D eigenvalue weighted by Gasteiger charge is -2.04. The molecule has 110 valence electrons. The van der Waals surface area contributed by atoms with Crippen LogP contribution in [-0.4, -0.2) is 16.3 Å². The molecule has 0 unspecified atom stereocenters. The van der Waals surface area contributed by atoms with Gasteiger partial charge < -0.3 is 4.57 Å². The molecule has 0 N–H and O–H groups in total. The standard InChI is InChI=1S/C17H14N2O2S/c1-12(20)18-17-19(8-9-22-17)11-16(21)15-7-6-13-4-2-3-5-14(13)10-15/h2-10H,11H2,1H3. The number of hydrogen-bond donors (Lipinski definition) is 0. The quantitative estimate of drug-likeness (QED) is 0.698. The molecular formula is C17H14N2O2S. The smallest absolute Gasteiger partial charge is 0.245 e. The van der Waals surface area contributed by atoms with Crippen LogP contribution >= 0.6 is 11.3 Å². The van der Waals surface area contributed by atoms with Crippen LogP contribution in [0.4, 0.5) is 0 Å². The number of benzene rings is 2. The van der Waals surface area contributed by atoms with E-state index in [9.17, 15) is 9.59 Å². The number of ketones is 1. The molecular weight excluding hydrogens is 296 g/mol. The van der Waals surface area contributed by atoms with E-state index in [-0.39, 0.29) is 18.2 Å². The number of thiazole rings is 1. The number of aromatic nitrogens is 1. The van der Waals surface area contributed by atoms with Crippen molar-refractivity contribution in [2.45, 2.75) is 13.5 Å². The van der Waals surface area contributed by atoms with Gasteiger partial charge in [-0.1, -0.05) is 36.4 Å². The molecule has 4 nitrogen and oxygen atoms in total. The maximum Gasteiger partial charge on any atom is 0.245 e. The molecule has 3 rings (SSSR count). The Bertz CT molecular complexity index is 921. The molecule has 0 aliphatic carbocycles. The summed E-state index contributed by atoms with van der Waals surface area (Å²) in [6, 6.07) is 13.6. The van der Waals surface area contributed by atoms with Crippen molar-refractivity contribution >= 4 is 33.8 Å². The molecule has 0 bridgehead atoms. The van der Waals surface area contributed by atoms with E-state index in [1.54, 1.807) is 10.8 Å². The van der Waals surface area contributed by atoms with E-state index in [0.29, 0.717) is 10.4 Å². The fourth-order valence-electron chi connectivity index (χ4n) is 2.25. The highest BCUT2D eigenvalue weighted by Gasteiger charge is 2.08. The van der Waals surface area contributed by atoms with Crippen LogP contribution in [0.2, 0.25) is 0 Å². The third-order valence-electron chi connectivity index (χ3n) is 3.30. The molecule has 0 spiro atoms. The molecule has 22 heavy (non-hydrogen) atoms. The Balaban J connectivity index is 1.91. The molecule has 1 aromatic heterocycles. The van der Waals surface area contributed by atoms with Crippen LogP contribution in [0.15, 0.2) is 59.0 Å². The van der Waals surface area contributed by atoms with Crippen molar-refractivity contribution in [2.75, 3.05) is 0 Å². The van der Waals surface area contributed by atoms with Gasteiger partial charge in [-0.05, 0) is 16.8 Å². The van der Waals surface area contributed by atoms with E-state index < -0.39 is 0 Å². The summed E-state index contributed by atoms with van der Waals surface area (Å²) >= 11 is 1.34. The van der Waals surface area contributed by atoms with Crippen molar-refractivity contribution < 1.29 is 9.59 Å². The van der Waals surface area contributed by atoms with Crippen molar-refractivity contribution in [1.29, 1.82) is 0 Å². The minimum absolute atomic E-state index is 0.00541. The number of Topliss-reactive ketones (excluding diaryl/α,β-unsaturated/α-hetero) is 1. The van der Waals surface area contributed by atoms with Gasteiger partial charge in [0.2, 0.25) is 5.91 Å². The van der Waals surface area contributed by atoms with Gasteiger partial charge in [0.25, 0.3) is 0 Å². The van der Waals surface area contributed by atoms with E-state index in [2.05, 4.69) is 4.99 Å². The summed E-state index contributed by atoms with van der Waals surface area (Å²) in [6.07, 6.45) is 1.77. The lowest BCUT2D eigenvalue weighted by molar-refractivity contribution is -0.116. The normalized spacial score (nSPS) is 11.8. The van der Waals surface area contributed by atoms with Crippen molar-refractivity contribution in [3.63, 3.8) is 0 Å². The van der Waals surface area contributed by atoms with Gasteiger partial charge in [-0.15, -0.1) is 11.3 Å². The summed E-state index contributed by atoms with van der Waals surface area (Å²) in [7, 11) is 0. The molecule has 2 aromatic carbocycles. The van der Waals surface area contributed by atoms with E-state index >= 15 is 0 Å². The first-order valence-electron chi connectivity index (χ1n) is 6.85. The van der Waals surface area contributed by atoms with E-state index in [4.69, 9.17) is 0 Å². The van der Waals surface area contributed by atoms with Crippen LogP contribution in [0.25, 0.3) is 10.8 Å². The van der Waals surface area contributed by atoms with Gasteiger partial charge in [0.15, 0.2) is 10.6 Å². The Morgan fingerprint density at radius 3 is 2.68 bits per heavy atom. The predicted molar refractivity (Wildman–Crippen MR) is 86.8 cm³/mol. The second-order valence-corrected chi connectivity index (χ2v) is 5.80. The molecule has 0 aliphatic heterocycles. The van der Waals surface area contributed by atoms with Gasteiger partial charge in [-0.25, -0.2) is 0 Å². The maximum atomic E-state index is 12.5. The van der Waals surface area contributed by atoms with Crippen LogP contribution < -0.4 is 4.80 Å². The third-order valence-corrected chi connectivity index (χ3v) is 4.09. The first-order chi connectivity index (χ1) is 10.6. The zero-order valence-corrected chi connectivity index (χ0v) is 12.8. The molecule has 0 aliphatic rings. The van der Waals surface area contributed by atoms with E-state index in [1.807, 2.05) is 47.8 Å². The van der Waals surface area contributed by atoms with Crippen LogP contribution in [0.5, 0.6) is 0 Å². The van der Waals surface area contributed by atoms with E-state index in [0.717, 1.165) is 10.8 Å². The van der Waals surface area contributed by atoms with Gasteiger partial charge in [0, 0.05) is 24.1 Å². The zero-order chi connectivity index (χ0) is 15.5. The first-order valence-corrected chi connectivity index (χ1v) is 7.73. The second kappa shape index (κ2) is 6.07. The van der Waals surface area contributed by atoms with E-state index in [1.165, 1.54) is 18.3 Å². The second-order valence-electron chi connectivity index (χ2n) is 4.93. The molecule has 0 saturated heterocycles. The topological polar surface area (TPSA) is 51.4 Å². The highest BCUT2D eigenvalue weighted by Crippen LogP contribution is 2.16. The average molecular weight is 310 g/mol. The minimum atomic E-state index is -0.269. The van der Waals surface area contributed by atoms with Crippen molar-refractivity contribution in [2.24, 2.45) is 4.99 Å². The lowest BCUT2D eigenvalue weighted by Crippen LogP contribution is -2.20. The average Bonchev–Trinajstić information content (AvgIpc) is 2.93. The summed E-state index contributed by atoms with van der Waals surface area (Å²) in [5, 5.41) is 3.96. The van der Waals surface area contributed by atoms with Gasteiger partial charge in [0.1, 0.15) is 0 Å². The lowest BCUT2D eigenvalue weighted by atomic mass is 10.0. The van der Waals surface area contributed by atoms with Crippen LogP contribution in [0, 0.1) is 0 Å². The summed E-state index contributed by atoms with van der Waals surface area (Å²) in [5.74, 6) is -0.275. The number of carbonyl (C=O) groups is 2. The first kappa shape index (κ1) is 14.4. The molecule has 3 aromatic rings. The highest BCUT2D eigenvalue weighted by atomic mass is 32.1. The SMILES string of the molecule is CC(=O)N=c1sccn1CC(=O)c1ccc2ccccc2c1. The monoisotopic (exact) mass is 310 g/mol. The Morgan fingerprint density at radius 2 is 1.91 bits per heavy atom. The third kappa shape index (κ3) is 3.04. The van der Waals surface area contributed by atoms with Gasteiger partial charge in [-0.2, -0.15) is 4.99 Å². The summed E-state index contributed by atoms with van der Waals surface area (Å²) in [4.78, 5) is 28.0. The van der Waals surface area contributed by atoms with Gasteiger partial charge >= 0.3 is 0 Å². The number of carbonyl (C=O) groups excluding carboxylic acids is 2. The predicted octanol–water partition coefficient (Wildman–Crippen LogP) is 3.03. The summed E-state index contributed by atoms with van der Waals surface area (Å²) in [6.45, 7) is 1.57. The van der Waals surface area contributed by atoms with Gasteiger partial charge in [-0.3, -0.25) is 9.59 Å². The number of fused-ring (bicyclic) bond motifs is 1. The number of rotatable bonds is 3. The Morgan fingerprint density at radius 1 is 1.14 bits per heavy atom. The molecule has 0 fully saturated rings. The van der Waals surface area contributed by atoms with Crippen LogP contribution in [0.3, 0.4) is 0 Å². The summed E-state index contributed by atoms with van der Waals surface area (Å²) in [5.41, 5.74) is 0.658. The van der Waals surface area contributed by atoms with Crippen molar-refractivity contribution in [1.82, 2.24) is 4.57 Å². The summed E-state index contributed by atoms with van der Waals surface area (Å²) < 4.78 is 1.70. The molecule has 1 heterocycles. The van der Waals surface area contributed by atoms with Gasteiger partial charge in [0.05, 0.1) is 6.54 Å². The molecule has 0 saturated carbocycles. The molecule has 5 heteroatoms. The number of nitrogens with zero attached hydrogens (tertiary/aromatic N) is 2. The fourth-order valence-corrected chi connectivity index (χ4v) is 3.02. The Hall–Kier alpha value is -2.53. The van der Waals surface area contributed by atoms with Crippen molar-refractivity contribution in [3.05, 3.63) is 64.4 Å².